The Bertz CT molecular complexity index is 486. The van der Waals surface area contributed by atoms with Crippen molar-refractivity contribution in [3.8, 4) is 11.8 Å². The Hall–Kier alpha value is -1.38. The van der Waals surface area contributed by atoms with Crippen LogP contribution in [-0.4, -0.2) is 17.4 Å². The van der Waals surface area contributed by atoms with Crippen molar-refractivity contribution in [2.45, 2.75) is 26.2 Å². The second kappa shape index (κ2) is 5.98. The molecule has 0 radical (unpaired) electrons. The molecule has 1 amide bonds. The maximum absolute atomic E-state index is 12.0. The molecule has 3 N–H and O–H groups in total. The predicted molar refractivity (Wildman–Crippen MR) is 73.2 cm³/mol. The second-order valence-corrected chi connectivity index (χ2v) is 5.57. The van der Waals surface area contributed by atoms with E-state index < -0.39 is 0 Å². The molecule has 0 spiro atoms. The molecular formula is C13H17N3OS. The summed E-state index contributed by atoms with van der Waals surface area (Å²) < 4.78 is 0. The summed E-state index contributed by atoms with van der Waals surface area (Å²) in [6, 6.07) is 0. The Kier molecular flexibility index (Phi) is 4.34. The summed E-state index contributed by atoms with van der Waals surface area (Å²) in [5.74, 6) is 6.37. The standard InChI is InChI=1S/C13H17N3OS/c1-9-4-2-6-11(9)12(17)16-13-15-8-10(18-13)5-3-7-14/h8-9,11H,2,4,6-7,14H2,1H3,(H,15,16,17). The van der Waals surface area contributed by atoms with E-state index in [0.717, 1.165) is 24.1 Å². The number of carbonyl (C=O) groups is 1. The quantitative estimate of drug-likeness (QED) is 0.800. The number of nitrogens with two attached hydrogens (primary N) is 1. The van der Waals surface area contributed by atoms with Gasteiger partial charge < -0.3 is 11.1 Å². The lowest BCUT2D eigenvalue weighted by atomic mass is 9.97. The zero-order valence-electron chi connectivity index (χ0n) is 10.4. The van der Waals surface area contributed by atoms with E-state index >= 15 is 0 Å². The summed E-state index contributed by atoms with van der Waals surface area (Å²) in [6.45, 7) is 2.47. The average molecular weight is 263 g/mol. The molecule has 18 heavy (non-hydrogen) atoms. The van der Waals surface area contributed by atoms with Gasteiger partial charge in [0.25, 0.3) is 0 Å². The van der Waals surface area contributed by atoms with E-state index in [1.807, 2.05) is 0 Å². The van der Waals surface area contributed by atoms with Gasteiger partial charge in [-0.05, 0) is 18.8 Å². The molecule has 4 nitrogen and oxygen atoms in total. The maximum atomic E-state index is 12.0. The highest BCUT2D eigenvalue weighted by Crippen LogP contribution is 2.32. The molecule has 1 aromatic rings. The topological polar surface area (TPSA) is 68.0 Å². The van der Waals surface area contributed by atoms with Crippen molar-refractivity contribution in [1.29, 1.82) is 0 Å². The molecule has 1 aromatic heterocycles. The Labute approximate surface area is 111 Å². The third-order valence-corrected chi connectivity index (χ3v) is 4.08. The number of amides is 1. The first-order chi connectivity index (χ1) is 8.70. The Morgan fingerprint density at radius 2 is 2.50 bits per heavy atom. The fourth-order valence-electron chi connectivity index (χ4n) is 2.26. The fourth-order valence-corrected chi connectivity index (χ4v) is 2.95. The average Bonchev–Trinajstić information content (AvgIpc) is 2.95. The van der Waals surface area contributed by atoms with E-state index in [0.29, 0.717) is 17.6 Å². The van der Waals surface area contributed by atoms with Crippen LogP contribution in [0, 0.1) is 23.7 Å². The first kappa shape index (κ1) is 13.1. The van der Waals surface area contributed by atoms with Crippen LogP contribution in [0.5, 0.6) is 0 Å². The number of nitrogens with one attached hydrogen (secondary N) is 1. The molecule has 0 bridgehead atoms. The van der Waals surface area contributed by atoms with Crippen molar-refractivity contribution in [1.82, 2.24) is 4.98 Å². The van der Waals surface area contributed by atoms with E-state index in [1.54, 1.807) is 6.20 Å². The number of hydrogen-bond acceptors (Lipinski definition) is 4. The molecule has 0 aliphatic heterocycles. The van der Waals surface area contributed by atoms with Crippen LogP contribution < -0.4 is 11.1 Å². The minimum Gasteiger partial charge on any atom is -0.320 e. The molecule has 5 heteroatoms. The summed E-state index contributed by atoms with van der Waals surface area (Å²) in [5, 5.41) is 3.51. The Balaban J connectivity index is 1.96. The Morgan fingerprint density at radius 3 is 3.17 bits per heavy atom. The van der Waals surface area contributed by atoms with Crippen LogP contribution in [0.4, 0.5) is 5.13 Å². The minimum atomic E-state index is 0.0904. The molecule has 0 saturated heterocycles. The smallest absolute Gasteiger partial charge is 0.229 e. The number of hydrogen-bond donors (Lipinski definition) is 2. The van der Waals surface area contributed by atoms with Crippen molar-refractivity contribution >= 4 is 22.4 Å². The number of carbonyl (C=O) groups excluding carboxylic acids is 1. The van der Waals surface area contributed by atoms with Crippen LogP contribution in [0.1, 0.15) is 31.1 Å². The van der Waals surface area contributed by atoms with Gasteiger partial charge in [-0.15, -0.1) is 0 Å². The van der Waals surface area contributed by atoms with Gasteiger partial charge in [-0.1, -0.05) is 36.5 Å². The third-order valence-electron chi connectivity index (χ3n) is 3.25. The van der Waals surface area contributed by atoms with E-state index in [2.05, 4.69) is 29.1 Å². The normalized spacial score (nSPS) is 22.3. The number of aromatic nitrogens is 1. The predicted octanol–water partition coefficient (Wildman–Crippen LogP) is 1.83. The molecular weight excluding hydrogens is 246 g/mol. The van der Waals surface area contributed by atoms with Gasteiger partial charge in [0.1, 0.15) is 0 Å². The zero-order valence-corrected chi connectivity index (χ0v) is 11.2. The van der Waals surface area contributed by atoms with Crippen molar-refractivity contribution in [2.75, 3.05) is 11.9 Å². The van der Waals surface area contributed by atoms with Crippen LogP contribution in [-0.2, 0) is 4.79 Å². The van der Waals surface area contributed by atoms with Crippen LogP contribution in [0.25, 0.3) is 0 Å². The van der Waals surface area contributed by atoms with Crippen LogP contribution in [0.2, 0.25) is 0 Å². The lowest BCUT2D eigenvalue weighted by Gasteiger charge is -2.13. The summed E-state index contributed by atoms with van der Waals surface area (Å²) >= 11 is 1.39. The minimum absolute atomic E-state index is 0.0904. The lowest BCUT2D eigenvalue weighted by molar-refractivity contribution is -0.120. The first-order valence-corrected chi connectivity index (χ1v) is 6.98. The van der Waals surface area contributed by atoms with Crippen LogP contribution >= 0.6 is 11.3 Å². The van der Waals surface area contributed by atoms with E-state index in [4.69, 9.17) is 5.73 Å². The SMILES string of the molecule is CC1CCCC1C(=O)Nc1ncc(C#CCN)s1. The molecule has 1 fully saturated rings. The summed E-state index contributed by atoms with van der Waals surface area (Å²) in [7, 11) is 0. The van der Waals surface area contributed by atoms with Crippen LogP contribution in [0.15, 0.2) is 6.20 Å². The first-order valence-electron chi connectivity index (χ1n) is 6.16. The number of nitrogens with zero attached hydrogens (tertiary/aromatic N) is 1. The van der Waals surface area contributed by atoms with Crippen molar-refractivity contribution in [3.05, 3.63) is 11.1 Å². The highest BCUT2D eigenvalue weighted by Gasteiger charge is 2.29. The van der Waals surface area contributed by atoms with Crippen molar-refractivity contribution in [3.63, 3.8) is 0 Å². The molecule has 2 rings (SSSR count). The molecule has 0 aromatic carbocycles. The molecule has 1 heterocycles. The second-order valence-electron chi connectivity index (χ2n) is 4.54. The van der Waals surface area contributed by atoms with Crippen LogP contribution in [0.3, 0.4) is 0 Å². The number of anilines is 1. The largest absolute Gasteiger partial charge is 0.320 e. The zero-order chi connectivity index (χ0) is 13.0. The van der Waals surface area contributed by atoms with Gasteiger partial charge in [-0.25, -0.2) is 4.98 Å². The molecule has 96 valence electrons. The summed E-state index contributed by atoms with van der Waals surface area (Å²) in [5.41, 5.74) is 5.30. The van der Waals surface area contributed by atoms with E-state index in [-0.39, 0.29) is 11.8 Å². The molecule has 1 aliphatic carbocycles. The fraction of sp³-hybridized carbons (Fsp3) is 0.538. The van der Waals surface area contributed by atoms with Gasteiger partial charge in [0, 0.05) is 5.92 Å². The summed E-state index contributed by atoms with van der Waals surface area (Å²) in [4.78, 5) is 17.0. The molecule has 1 saturated carbocycles. The monoisotopic (exact) mass is 263 g/mol. The van der Waals surface area contributed by atoms with Gasteiger partial charge in [0.15, 0.2) is 5.13 Å². The van der Waals surface area contributed by atoms with Gasteiger partial charge in [0.2, 0.25) is 5.91 Å². The molecule has 2 atom stereocenters. The third kappa shape index (κ3) is 3.09. The van der Waals surface area contributed by atoms with Gasteiger partial charge >= 0.3 is 0 Å². The van der Waals surface area contributed by atoms with Crippen molar-refractivity contribution < 1.29 is 4.79 Å². The van der Waals surface area contributed by atoms with Gasteiger partial charge in [0.05, 0.1) is 17.6 Å². The maximum Gasteiger partial charge on any atom is 0.229 e. The molecule has 2 unspecified atom stereocenters. The highest BCUT2D eigenvalue weighted by atomic mass is 32.1. The number of rotatable bonds is 2. The van der Waals surface area contributed by atoms with Crippen molar-refractivity contribution in [2.24, 2.45) is 17.6 Å². The van der Waals surface area contributed by atoms with E-state index in [1.165, 1.54) is 11.3 Å². The highest BCUT2D eigenvalue weighted by molar-refractivity contribution is 7.16. The Morgan fingerprint density at radius 1 is 1.67 bits per heavy atom. The number of thiazole rings is 1. The summed E-state index contributed by atoms with van der Waals surface area (Å²) in [6.07, 6.45) is 4.94. The van der Waals surface area contributed by atoms with Gasteiger partial charge in [-0.2, -0.15) is 0 Å². The van der Waals surface area contributed by atoms with E-state index in [9.17, 15) is 4.79 Å². The van der Waals surface area contributed by atoms with Gasteiger partial charge in [-0.3, -0.25) is 4.79 Å². The lowest BCUT2D eigenvalue weighted by Crippen LogP contribution is -2.24. The molecule has 1 aliphatic rings.